The lowest BCUT2D eigenvalue weighted by atomic mass is 10.0. The van der Waals surface area contributed by atoms with Crippen molar-refractivity contribution in [3.8, 4) is 0 Å². The first-order valence-corrected chi connectivity index (χ1v) is 12.3. The van der Waals surface area contributed by atoms with E-state index in [0.29, 0.717) is 6.42 Å². The summed E-state index contributed by atoms with van der Waals surface area (Å²) >= 11 is 0. The molecule has 7 heteroatoms. The van der Waals surface area contributed by atoms with Crippen molar-refractivity contribution >= 4 is 17.3 Å². The molecular weight excluding hydrogens is 424 g/mol. The molecule has 7 nitrogen and oxygen atoms in total. The van der Waals surface area contributed by atoms with E-state index in [4.69, 9.17) is 0 Å². The predicted molar refractivity (Wildman–Crippen MR) is 136 cm³/mol. The van der Waals surface area contributed by atoms with E-state index in [1.165, 1.54) is 16.9 Å². The van der Waals surface area contributed by atoms with E-state index in [2.05, 4.69) is 99.3 Å². The number of hydrogen-bond acceptors (Lipinski definition) is 5. The monoisotopic (exact) mass is 460 g/mol. The Balaban J connectivity index is 1.41. The molecule has 1 aromatic heterocycles. The number of carbonyl (C=O) groups excluding carboxylic acids is 1. The van der Waals surface area contributed by atoms with Crippen LogP contribution in [0.5, 0.6) is 0 Å². The number of hydrogen-bond donors (Lipinski definition) is 1. The van der Waals surface area contributed by atoms with Crippen LogP contribution in [-0.4, -0.2) is 45.7 Å². The summed E-state index contributed by atoms with van der Waals surface area (Å²) in [6.45, 7) is 9.71. The number of amides is 1. The van der Waals surface area contributed by atoms with Crippen LogP contribution in [0, 0.1) is 5.92 Å². The summed E-state index contributed by atoms with van der Waals surface area (Å²) in [7, 11) is 2.10. The molecule has 2 heterocycles. The van der Waals surface area contributed by atoms with Crippen LogP contribution in [0.4, 0.5) is 11.4 Å². The maximum Gasteiger partial charge on any atom is 0.220 e. The third-order valence-corrected chi connectivity index (χ3v) is 6.60. The van der Waals surface area contributed by atoms with Crippen LogP contribution in [0.15, 0.2) is 54.6 Å². The van der Waals surface area contributed by atoms with Crippen LogP contribution in [0.2, 0.25) is 0 Å². The fourth-order valence-electron chi connectivity index (χ4n) is 4.47. The standard InChI is InChI=1S/C27H36N6O/c1-5-25(34)28-26(20(2)3)27-30-29-24-15-16-32(17-18-33(24)27)19-21-11-13-23(14-12-21)31(4)22-9-7-6-8-10-22/h6-14,20,26H,5,15-19H2,1-4H3,(H,28,34)/t26-/m0/s1. The molecule has 1 atom stereocenters. The fraction of sp³-hybridized carbons (Fsp3) is 0.444. The zero-order chi connectivity index (χ0) is 24.1. The number of fused-ring (bicyclic) bond motifs is 1. The van der Waals surface area contributed by atoms with Gasteiger partial charge in [-0.3, -0.25) is 9.69 Å². The van der Waals surface area contributed by atoms with E-state index in [9.17, 15) is 4.79 Å². The average molecular weight is 461 g/mol. The van der Waals surface area contributed by atoms with E-state index in [0.717, 1.165) is 44.2 Å². The maximum atomic E-state index is 12.1. The SMILES string of the molecule is CCC(=O)N[C@H](c1nnc2n1CCN(Cc1ccc(N(C)c3ccccc3)cc1)CC2)C(C)C. The van der Waals surface area contributed by atoms with Gasteiger partial charge in [-0.15, -0.1) is 10.2 Å². The summed E-state index contributed by atoms with van der Waals surface area (Å²) in [4.78, 5) is 16.8. The van der Waals surface area contributed by atoms with Crippen LogP contribution < -0.4 is 10.2 Å². The van der Waals surface area contributed by atoms with Gasteiger partial charge in [0.1, 0.15) is 5.82 Å². The van der Waals surface area contributed by atoms with E-state index < -0.39 is 0 Å². The number of anilines is 2. The molecule has 3 aromatic rings. The largest absolute Gasteiger partial charge is 0.346 e. The van der Waals surface area contributed by atoms with Gasteiger partial charge in [0.25, 0.3) is 0 Å². The Bertz CT molecular complexity index is 1080. The molecule has 4 rings (SSSR count). The van der Waals surface area contributed by atoms with Crippen LogP contribution in [-0.2, 0) is 24.3 Å². The van der Waals surface area contributed by atoms with Gasteiger partial charge in [0.2, 0.25) is 5.91 Å². The first-order chi connectivity index (χ1) is 16.5. The second kappa shape index (κ2) is 10.8. The zero-order valence-electron chi connectivity index (χ0n) is 20.7. The van der Waals surface area contributed by atoms with Crippen molar-refractivity contribution < 1.29 is 4.79 Å². The van der Waals surface area contributed by atoms with Crippen molar-refractivity contribution in [3.05, 3.63) is 71.8 Å². The van der Waals surface area contributed by atoms with Gasteiger partial charge in [0.05, 0.1) is 6.04 Å². The minimum absolute atomic E-state index is 0.0488. The van der Waals surface area contributed by atoms with E-state index in [1.54, 1.807) is 0 Å². The molecule has 0 radical (unpaired) electrons. The number of carbonyl (C=O) groups is 1. The molecule has 0 bridgehead atoms. The van der Waals surface area contributed by atoms with Gasteiger partial charge in [-0.05, 0) is 35.7 Å². The first-order valence-electron chi connectivity index (χ1n) is 12.3. The minimum atomic E-state index is -0.116. The molecule has 0 spiro atoms. The summed E-state index contributed by atoms with van der Waals surface area (Å²) < 4.78 is 2.22. The number of nitrogens with zero attached hydrogens (tertiary/aromatic N) is 5. The smallest absolute Gasteiger partial charge is 0.220 e. The van der Waals surface area contributed by atoms with E-state index in [1.807, 2.05) is 13.0 Å². The molecule has 0 fully saturated rings. The highest BCUT2D eigenvalue weighted by Crippen LogP contribution is 2.25. The van der Waals surface area contributed by atoms with E-state index in [-0.39, 0.29) is 17.9 Å². The quantitative estimate of drug-likeness (QED) is 0.542. The van der Waals surface area contributed by atoms with Crippen molar-refractivity contribution in [3.63, 3.8) is 0 Å². The van der Waals surface area contributed by atoms with Gasteiger partial charge in [-0.25, -0.2) is 0 Å². The Kier molecular flexibility index (Phi) is 7.63. The van der Waals surface area contributed by atoms with Crippen molar-refractivity contribution in [2.75, 3.05) is 25.0 Å². The van der Waals surface area contributed by atoms with Crippen molar-refractivity contribution in [2.24, 2.45) is 5.92 Å². The van der Waals surface area contributed by atoms with E-state index >= 15 is 0 Å². The highest BCUT2D eigenvalue weighted by atomic mass is 16.1. The Morgan fingerprint density at radius 1 is 1.00 bits per heavy atom. The molecule has 0 saturated heterocycles. The summed E-state index contributed by atoms with van der Waals surface area (Å²) in [5, 5.41) is 12.1. The van der Waals surface area contributed by atoms with Gasteiger partial charge < -0.3 is 14.8 Å². The third kappa shape index (κ3) is 5.47. The molecule has 1 N–H and O–H groups in total. The van der Waals surface area contributed by atoms with Crippen LogP contribution in [0.3, 0.4) is 0 Å². The molecule has 180 valence electrons. The second-order valence-corrected chi connectivity index (χ2v) is 9.36. The van der Waals surface area contributed by atoms with Crippen molar-refractivity contribution in [1.82, 2.24) is 25.0 Å². The lowest BCUT2D eigenvalue weighted by Crippen LogP contribution is -2.34. The Hall–Kier alpha value is -3.19. The number of para-hydroxylation sites is 1. The lowest BCUT2D eigenvalue weighted by molar-refractivity contribution is -0.121. The summed E-state index contributed by atoms with van der Waals surface area (Å²) in [5.74, 6) is 2.18. The molecule has 0 saturated carbocycles. The number of nitrogens with one attached hydrogen (secondary N) is 1. The van der Waals surface area contributed by atoms with Gasteiger partial charge >= 0.3 is 0 Å². The highest BCUT2D eigenvalue weighted by Gasteiger charge is 2.27. The molecule has 1 amide bonds. The predicted octanol–water partition coefficient (Wildman–Crippen LogP) is 4.33. The van der Waals surface area contributed by atoms with Gasteiger partial charge in [-0.1, -0.05) is 51.1 Å². The first kappa shape index (κ1) is 24.0. The lowest BCUT2D eigenvalue weighted by Gasteiger charge is -2.23. The summed E-state index contributed by atoms with van der Waals surface area (Å²) in [6, 6.07) is 19.1. The average Bonchev–Trinajstić information content (AvgIpc) is 3.15. The van der Waals surface area contributed by atoms with Gasteiger partial charge in [-0.2, -0.15) is 0 Å². The van der Waals surface area contributed by atoms with Gasteiger partial charge in [0, 0.05) is 57.4 Å². The molecular formula is C27H36N6O. The maximum absolute atomic E-state index is 12.1. The molecule has 1 aliphatic heterocycles. The minimum Gasteiger partial charge on any atom is -0.346 e. The Morgan fingerprint density at radius 2 is 1.71 bits per heavy atom. The normalized spacial score (nSPS) is 15.0. The topological polar surface area (TPSA) is 66.3 Å². The van der Waals surface area contributed by atoms with Gasteiger partial charge in [0.15, 0.2) is 5.82 Å². The van der Waals surface area contributed by atoms with Crippen LogP contribution in [0.25, 0.3) is 0 Å². The number of rotatable bonds is 8. The number of aromatic nitrogens is 3. The highest BCUT2D eigenvalue weighted by molar-refractivity contribution is 5.75. The molecule has 1 aliphatic rings. The molecule has 2 aromatic carbocycles. The fourth-order valence-corrected chi connectivity index (χ4v) is 4.47. The van der Waals surface area contributed by atoms with Crippen LogP contribution in [0.1, 0.15) is 50.4 Å². The van der Waals surface area contributed by atoms with Crippen molar-refractivity contribution in [2.45, 2.75) is 52.7 Å². The zero-order valence-corrected chi connectivity index (χ0v) is 20.7. The third-order valence-electron chi connectivity index (χ3n) is 6.60. The Labute approximate surface area is 202 Å². The molecule has 0 unspecified atom stereocenters. The summed E-state index contributed by atoms with van der Waals surface area (Å²) in [6.07, 6.45) is 1.33. The molecule has 34 heavy (non-hydrogen) atoms. The number of benzene rings is 2. The summed E-state index contributed by atoms with van der Waals surface area (Å²) in [5.41, 5.74) is 3.66. The second-order valence-electron chi connectivity index (χ2n) is 9.36. The Morgan fingerprint density at radius 3 is 2.38 bits per heavy atom. The van der Waals surface area contributed by atoms with Crippen molar-refractivity contribution in [1.29, 1.82) is 0 Å². The van der Waals surface area contributed by atoms with Crippen LogP contribution >= 0.6 is 0 Å². The molecule has 0 aliphatic carbocycles.